The number of carbonyl (C=O) groups excluding carboxylic acids is 3. The number of ketones is 1. The van der Waals surface area contributed by atoms with Crippen LogP contribution in [0.5, 0.6) is 0 Å². The molecule has 0 bridgehead atoms. The number of nitrogens with one attached hydrogen (secondary N) is 1. The van der Waals surface area contributed by atoms with E-state index in [-0.39, 0.29) is 18.2 Å². The van der Waals surface area contributed by atoms with Crippen LogP contribution in [0.2, 0.25) is 0 Å². The van der Waals surface area contributed by atoms with Gasteiger partial charge in [0, 0.05) is 5.41 Å². The fraction of sp³-hybridized carbons (Fsp3) is 0.500. The van der Waals surface area contributed by atoms with Crippen molar-refractivity contribution in [2.24, 2.45) is 5.41 Å². The topological polar surface area (TPSA) is 66.5 Å². The molecular formula is C18H24N2O3. The summed E-state index contributed by atoms with van der Waals surface area (Å²) < 4.78 is 0. The van der Waals surface area contributed by atoms with Crippen molar-refractivity contribution in [2.75, 3.05) is 6.54 Å². The van der Waals surface area contributed by atoms with Crippen molar-refractivity contribution in [1.82, 2.24) is 10.2 Å². The Morgan fingerprint density at radius 1 is 1.17 bits per heavy atom. The summed E-state index contributed by atoms with van der Waals surface area (Å²) >= 11 is 0. The largest absolute Gasteiger partial charge is 0.325 e. The van der Waals surface area contributed by atoms with Gasteiger partial charge in [0.1, 0.15) is 5.54 Å². The Kier molecular flexibility index (Phi) is 4.59. The van der Waals surface area contributed by atoms with E-state index in [1.165, 1.54) is 0 Å². The maximum atomic E-state index is 13.0. The summed E-state index contributed by atoms with van der Waals surface area (Å²) in [5, 5.41) is 2.83. The summed E-state index contributed by atoms with van der Waals surface area (Å²) in [4.78, 5) is 38.6. The smallest absolute Gasteiger partial charge is 0.319 e. The van der Waals surface area contributed by atoms with Gasteiger partial charge in [-0.2, -0.15) is 0 Å². The number of amides is 3. The quantitative estimate of drug-likeness (QED) is 0.849. The summed E-state index contributed by atoms with van der Waals surface area (Å²) in [7, 11) is 0. The summed E-state index contributed by atoms with van der Waals surface area (Å²) in [5.74, 6) is -0.477. The van der Waals surface area contributed by atoms with Crippen LogP contribution in [0.15, 0.2) is 30.3 Å². The SMILES string of the molecule is CCCC1(c2ccccc2)NC(=O)N(CC(=O)C(C)(C)C)C1=O. The minimum Gasteiger partial charge on any atom is -0.319 e. The van der Waals surface area contributed by atoms with E-state index >= 15 is 0 Å². The van der Waals surface area contributed by atoms with Crippen LogP contribution in [0.25, 0.3) is 0 Å². The molecule has 0 saturated carbocycles. The fourth-order valence-electron chi connectivity index (χ4n) is 2.76. The molecule has 5 heteroatoms. The lowest BCUT2D eigenvalue weighted by Gasteiger charge is -2.27. The molecule has 5 nitrogen and oxygen atoms in total. The highest BCUT2D eigenvalue weighted by atomic mass is 16.2. The molecule has 1 heterocycles. The van der Waals surface area contributed by atoms with Crippen LogP contribution in [0, 0.1) is 5.41 Å². The van der Waals surface area contributed by atoms with E-state index in [2.05, 4.69) is 5.32 Å². The third-order valence-corrected chi connectivity index (χ3v) is 4.21. The Hall–Kier alpha value is -2.17. The highest BCUT2D eigenvalue weighted by Gasteiger charge is 2.52. The van der Waals surface area contributed by atoms with Gasteiger partial charge in [-0.05, 0) is 12.0 Å². The number of nitrogens with zero attached hydrogens (tertiary/aromatic N) is 1. The van der Waals surface area contributed by atoms with Gasteiger partial charge in [0.25, 0.3) is 5.91 Å². The van der Waals surface area contributed by atoms with Gasteiger partial charge in [-0.1, -0.05) is 64.4 Å². The summed E-state index contributed by atoms with van der Waals surface area (Å²) in [5.41, 5.74) is -0.903. The zero-order valence-corrected chi connectivity index (χ0v) is 14.2. The number of urea groups is 1. The predicted octanol–water partition coefficient (Wildman–Crippen LogP) is 2.85. The number of benzene rings is 1. The van der Waals surface area contributed by atoms with Crippen molar-refractivity contribution in [3.8, 4) is 0 Å². The van der Waals surface area contributed by atoms with Crippen LogP contribution in [0.3, 0.4) is 0 Å². The highest BCUT2D eigenvalue weighted by molar-refractivity contribution is 6.09. The van der Waals surface area contributed by atoms with E-state index in [4.69, 9.17) is 0 Å². The first-order valence-corrected chi connectivity index (χ1v) is 7.95. The van der Waals surface area contributed by atoms with Gasteiger partial charge in [-0.3, -0.25) is 14.5 Å². The monoisotopic (exact) mass is 316 g/mol. The number of hydrogen-bond acceptors (Lipinski definition) is 3. The number of carbonyl (C=O) groups is 3. The zero-order valence-electron chi connectivity index (χ0n) is 14.2. The molecule has 3 amide bonds. The normalized spacial score (nSPS) is 21.5. The van der Waals surface area contributed by atoms with E-state index in [0.29, 0.717) is 6.42 Å². The molecular weight excluding hydrogens is 292 g/mol. The van der Waals surface area contributed by atoms with Crippen molar-refractivity contribution in [3.05, 3.63) is 35.9 Å². The Labute approximate surface area is 137 Å². The predicted molar refractivity (Wildman–Crippen MR) is 87.7 cm³/mol. The van der Waals surface area contributed by atoms with E-state index < -0.39 is 17.0 Å². The average Bonchev–Trinajstić information content (AvgIpc) is 2.73. The first-order chi connectivity index (χ1) is 10.7. The molecule has 1 aromatic carbocycles. The molecule has 1 aliphatic heterocycles. The minimum absolute atomic E-state index is 0.138. The number of rotatable bonds is 5. The molecule has 1 aliphatic rings. The van der Waals surface area contributed by atoms with E-state index in [9.17, 15) is 14.4 Å². The lowest BCUT2D eigenvalue weighted by molar-refractivity contribution is -0.137. The van der Waals surface area contributed by atoms with E-state index in [0.717, 1.165) is 16.9 Å². The number of Topliss-reactive ketones (excluding diaryl/α,β-unsaturated/α-hetero) is 1. The Morgan fingerprint density at radius 2 is 1.78 bits per heavy atom. The zero-order chi connectivity index (χ0) is 17.3. The Balaban J connectivity index is 2.36. The molecule has 23 heavy (non-hydrogen) atoms. The maximum Gasteiger partial charge on any atom is 0.325 e. The molecule has 1 aromatic rings. The van der Waals surface area contributed by atoms with Gasteiger partial charge < -0.3 is 5.32 Å². The number of hydrogen-bond donors (Lipinski definition) is 1. The third-order valence-electron chi connectivity index (χ3n) is 4.21. The molecule has 1 N–H and O–H groups in total. The molecule has 124 valence electrons. The highest BCUT2D eigenvalue weighted by Crippen LogP contribution is 2.34. The Bertz CT molecular complexity index is 619. The maximum absolute atomic E-state index is 13.0. The molecule has 2 rings (SSSR count). The van der Waals surface area contributed by atoms with Gasteiger partial charge in [0.2, 0.25) is 0 Å². The molecule has 1 saturated heterocycles. The molecule has 1 unspecified atom stereocenters. The van der Waals surface area contributed by atoms with Crippen molar-refractivity contribution in [1.29, 1.82) is 0 Å². The molecule has 0 aliphatic carbocycles. The van der Waals surface area contributed by atoms with E-state index in [1.54, 1.807) is 20.8 Å². The molecule has 1 atom stereocenters. The first-order valence-electron chi connectivity index (χ1n) is 7.95. The Morgan fingerprint density at radius 3 is 2.30 bits per heavy atom. The van der Waals surface area contributed by atoms with Gasteiger partial charge in [0.15, 0.2) is 5.78 Å². The fourth-order valence-corrected chi connectivity index (χ4v) is 2.76. The van der Waals surface area contributed by atoms with Crippen molar-refractivity contribution in [3.63, 3.8) is 0 Å². The van der Waals surface area contributed by atoms with Crippen LogP contribution in [0.1, 0.15) is 46.1 Å². The second-order valence-corrected chi connectivity index (χ2v) is 7.02. The second kappa shape index (κ2) is 6.14. The summed E-state index contributed by atoms with van der Waals surface area (Å²) in [6, 6.07) is 8.73. The lowest BCUT2D eigenvalue weighted by Crippen LogP contribution is -2.45. The van der Waals surface area contributed by atoms with Gasteiger partial charge in [-0.15, -0.1) is 0 Å². The third kappa shape index (κ3) is 3.14. The van der Waals surface area contributed by atoms with Crippen molar-refractivity contribution < 1.29 is 14.4 Å². The van der Waals surface area contributed by atoms with Gasteiger partial charge in [0.05, 0.1) is 6.54 Å². The van der Waals surface area contributed by atoms with Crippen molar-refractivity contribution in [2.45, 2.75) is 46.1 Å². The van der Waals surface area contributed by atoms with Crippen molar-refractivity contribution >= 4 is 17.7 Å². The first kappa shape index (κ1) is 17.2. The van der Waals surface area contributed by atoms with Crippen LogP contribution in [-0.2, 0) is 15.1 Å². The minimum atomic E-state index is -1.06. The average molecular weight is 316 g/mol. The van der Waals surface area contributed by atoms with Gasteiger partial charge >= 0.3 is 6.03 Å². The standard InChI is InChI=1S/C18H24N2O3/c1-5-11-18(13-9-7-6-8-10-13)15(22)20(16(23)19-18)12-14(21)17(2,3)4/h6-10H,5,11-12H2,1-4H3,(H,19,23). The van der Waals surface area contributed by atoms with E-state index in [1.807, 2.05) is 37.3 Å². The molecule has 0 radical (unpaired) electrons. The lowest BCUT2D eigenvalue weighted by atomic mass is 9.85. The number of imide groups is 1. The van der Waals surface area contributed by atoms with Crippen LogP contribution in [0.4, 0.5) is 4.79 Å². The van der Waals surface area contributed by atoms with Crippen LogP contribution in [-0.4, -0.2) is 29.2 Å². The van der Waals surface area contributed by atoms with Crippen LogP contribution < -0.4 is 5.32 Å². The molecule has 0 spiro atoms. The van der Waals surface area contributed by atoms with Crippen LogP contribution >= 0.6 is 0 Å². The van der Waals surface area contributed by atoms with Gasteiger partial charge in [-0.25, -0.2) is 4.79 Å². The molecule has 1 fully saturated rings. The summed E-state index contributed by atoms with van der Waals surface area (Å²) in [6.45, 7) is 7.12. The molecule has 0 aromatic heterocycles. The summed E-state index contributed by atoms with van der Waals surface area (Å²) in [6.07, 6.45) is 1.24. The second-order valence-electron chi connectivity index (χ2n) is 7.02.